The zero-order chi connectivity index (χ0) is 8.85. The van der Waals surface area contributed by atoms with Crippen molar-refractivity contribution in [3.8, 4) is 0 Å². The summed E-state index contributed by atoms with van der Waals surface area (Å²) >= 11 is 0. The van der Waals surface area contributed by atoms with E-state index in [9.17, 15) is 9.59 Å². The molecule has 0 aromatic carbocycles. The van der Waals surface area contributed by atoms with Crippen LogP contribution in [0.25, 0.3) is 0 Å². The molecule has 0 unspecified atom stereocenters. The van der Waals surface area contributed by atoms with Gasteiger partial charge in [0.2, 0.25) is 0 Å². The Labute approximate surface area is 64.7 Å². The summed E-state index contributed by atoms with van der Waals surface area (Å²) in [4.78, 5) is 21.1. The van der Waals surface area contributed by atoms with Crippen LogP contribution in [0, 0.1) is 0 Å². The molecule has 0 N–H and O–H groups in total. The minimum atomic E-state index is -0.801. The number of carbonyl (C=O) groups excluding carboxylic acids is 2. The van der Waals surface area contributed by atoms with Crippen molar-refractivity contribution in [2.24, 2.45) is 0 Å². The molecule has 0 aromatic heterocycles. The highest BCUT2D eigenvalue weighted by Crippen LogP contribution is 1.95. The van der Waals surface area contributed by atoms with Crippen molar-refractivity contribution in [1.82, 2.24) is 0 Å². The maximum atomic E-state index is 10.7. The van der Waals surface area contributed by atoms with Crippen molar-refractivity contribution in [2.45, 2.75) is 0 Å². The summed E-state index contributed by atoms with van der Waals surface area (Å²) in [5.74, 6) is -1.59. The first-order chi connectivity index (χ1) is 5.11. The van der Waals surface area contributed by atoms with Crippen LogP contribution in [-0.2, 0) is 14.3 Å². The van der Waals surface area contributed by atoms with Gasteiger partial charge in [-0.05, 0) is 0 Å². The minimum absolute atomic E-state index is 0.0419. The van der Waals surface area contributed by atoms with Gasteiger partial charge >= 0.3 is 11.9 Å². The van der Waals surface area contributed by atoms with Gasteiger partial charge in [-0.1, -0.05) is 25.8 Å². The van der Waals surface area contributed by atoms with Gasteiger partial charge in [0.1, 0.15) is 0 Å². The van der Waals surface area contributed by atoms with E-state index in [2.05, 4.69) is 24.5 Å². The smallest absolute Gasteiger partial charge is 0.345 e. The van der Waals surface area contributed by atoms with Crippen LogP contribution >= 0.6 is 0 Å². The van der Waals surface area contributed by atoms with Gasteiger partial charge in [-0.3, -0.25) is 0 Å². The molecule has 0 aliphatic carbocycles. The van der Waals surface area contributed by atoms with Crippen molar-refractivity contribution in [3.05, 3.63) is 37.5 Å². The van der Waals surface area contributed by atoms with Crippen LogP contribution in [0.3, 0.4) is 0 Å². The van der Waals surface area contributed by atoms with E-state index in [1.807, 2.05) is 0 Å². The molecule has 0 heterocycles. The van der Waals surface area contributed by atoms with Crippen LogP contribution in [0.5, 0.6) is 0 Å². The molecule has 58 valence electrons. The monoisotopic (exact) mass is 152 g/mol. The summed E-state index contributed by atoms with van der Waals surface area (Å²) in [6.07, 6.45) is 2.10. The molecule has 0 rings (SSSR count). The van der Waals surface area contributed by atoms with Crippen molar-refractivity contribution in [2.75, 3.05) is 0 Å². The molecule has 0 saturated carbocycles. The second-order valence-electron chi connectivity index (χ2n) is 1.64. The summed E-state index contributed by atoms with van der Waals surface area (Å²) in [6, 6.07) is 0. The largest absolute Gasteiger partial charge is 0.386 e. The van der Waals surface area contributed by atoms with E-state index in [-0.39, 0.29) is 5.57 Å². The van der Waals surface area contributed by atoms with E-state index in [0.29, 0.717) is 0 Å². The Morgan fingerprint density at radius 2 is 1.73 bits per heavy atom. The fraction of sp³-hybridized carbons (Fsp3) is 0. The predicted octanol–water partition coefficient (Wildman–Crippen LogP) is 0.984. The average Bonchev–Trinajstić information content (AvgIpc) is 2.02. The molecule has 3 heteroatoms. The molecule has 0 saturated heterocycles. The summed E-state index contributed by atoms with van der Waals surface area (Å²) in [6.45, 7) is 9.68. The average molecular weight is 152 g/mol. The zero-order valence-corrected chi connectivity index (χ0v) is 6.00. The third-order valence-corrected chi connectivity index (χ3v) is 0.869. The number of rotatable bonds is 3. The van der Waals surface area contributed by atoms with E-state index in [1.165, 1.54) is 6.08 Å². The summed E-state index contributed by atoms with van der Waals surface area (Å²) in [7, 11) is 0. The second kappa shape index (κ2) is 4.22. The van der Waals surface area contributed by atoms with Crippen LogP contribution < -0.4 is 0 Å². The second-order valence-corrected chi connectivity index (χ2v) is 1.64. The normalized spacial score (nSPS) is 8.00. The number of esters is 2. The Kier molecular flexibility index (Phi) is 3.59. The van der Waals surface area contributed by atoms with E-state index in [4.69, 9.17) is 0 Å². The van der Waals surface area contributed by atoms with Gasteiger partial charge in [-0.15, -0.1) is 0 Å². The van der Waals surface area contributed by atoms with Gasteiger partial charge in [-0.25, -0.2) is 9.59 Å². The minimum Gasteiger partial charge on any atom is -0.386 e. The Balaban J connectivity index is 4.07. The predicted molar refractivity (Wildman–Crippen MR) is 40.6 cm³/mol. The van der Waals surface area contributed by atoms with Crippen LogP contribution in [0.1, 0.15) is 0 Å². The first kappa shape index (κ1) is 9.36. The van der Waals surface area contributed by atoms with Gasteiger partial charge in [-0.2, -0.15) is 0 Å². The number of hydrogen-bond donors (Lipinski definition) is 0. The molecule has 0 aliphatic rings. The summed E-state index contributed by atoms with van der Waals surface area (Å²) in [5, 5.41) is 0. The highest BCUT2D eigenvalue weighted by atomic mass is 16.6. The third-order valence-electron chi connectivity index (χ3n) is 0.869. The summed E-state index contributed by atoms with van der Waals surface area (Å²) in [5.41, 5.74) is 0.0419. The van der Waals surface area contributed by atoms with Crippen molar-refractivity contribution in [3.63, 3.8) is 0 Å². The highest BCUT2D eigenvalue weighted by molar-refractivity contribution is 6.00. The number of carbonyl (C=O) groups is 2. The molecule has 0 radical (unpaired) electrons. The lowest BCUT2D eigenvalue weighted by Gasteiger charge is -1.96. The fourth-order valence-electron chi connectivity index (χ4n) is 0.282. The molecule has 0 aromatic rings. The van der Waals surface area contributed by atoms with Crippen LogP contribution in [0.2, 0.25) is 0 Å². The lowest BCUT2D eigenvalue weighted by Crippen LogP contribution is -2.10. The van der Waals surface area contributed by atoms with Crippen LogP contribution in [0.4, 0.5) is 0 Å². The topological polar surface area (TPSA) is 43.4 Å². The fourth-order valence-corrected chi connectivity index (χ4v) is 0.282. The molecular formula is C8H8O3. The van der Waals surface area contributed by atoms with Crippen molar-refractivity contribution < 1.29 is 14.3 Å². The molecule has 0 aliphatic heterocycles. The Hall–Kier alpha value is -1.64. The maximum Gasteiger partial charge on any atom is 0.345 e. The molecule has 0 spiro atoms. The molecule has 0 atom stereocenters. The quantitative estimate of drug-likeness (QED) is 0.262. The lowest BCUT2D eigenvalue weighted by atomic mass is 10.3. The van der Waals surface area contributed by atoms with Gasteiger partial charge in [0.05, 0.1) is 5.57 Å². The number of hydrogen-bond acceptors (Lipinski definition) is 3. The standard InChI is InChI=1S/C8H8O3/c1-4-6(3)8(10)11-7(9)5-2/h4-5H,1-3H2. The Bertz CT molecular complexity index is 225. The van der Waals surface area contributed by atoms with Gasteiger partial charge in [0.15, 0.2) is 0 Å². The molecule has 0 bridgehead atoms. The van der Waals surface area contributed by atoms with E-state index in [0.717, 1.165) is 6.08 Å². The van der Waals surface area contributed by atoms with Crippen LogP contribution in [0.15, 0.2) is 37.5 Å². The molecule has 11 heavy (non-hydrogen) atoms. The molecule has 3 nitrogen and oxygen atoms in total. The first-order valence-electron chi connectivity index (χ1n) is 2.81. The van der Waals surface area contributed by atoms with Gasteiger partial charge in [0.25, 0.3) is 0 Å². The Morgan fingerprint density at radius 1 is 1.18 bits per heavy atom. The van der Waals surface area contributed by atoms with Gasteiger partial charge < -0.3 is 4.74 Å². The van der Waals surface area contributed by atoms with Gasteiger partial charge in [0, 0.05) is 6.08 Å². The van der Waals surface area contributed by atoms with E-state index >= 15 is 0 Å². The zero-order valence-electron chi connectivity index (χ0n) is 6.00. The van der Waals surface area contributed by atoms with Crippen LogP contribution in [-0.4, -0.2) is 11.9 Å². The molecular weight excluding hydrogens is 144 g/mol. The number of ether oxygens (including phenoxy) is 1. The molecule has 0 amide bonds. The Morgan fingerprint density at radius 3 is 2.09 bits per heavy atom. The highest BCUT2D eigenvalue weighted by Gasteiger charge is 2.07. The third kappa shape index (κ3) is 3.15. The molecule has 0 fully saturated rings. The lowest BCUT2D eigenvalue weighted by molar-refractivity contribution is -0.152. The van der Waals surface area contributed by atoms with Crippen molar-refractivity contribution >= 4 is 11.9 Å². The maximum absolute atomic E-state index is 10.7. The summed E-state index contributed by atoms with van der Waals surface area (Å²) < 4.78 is 4.19. The first-order valence-corrected chi connectivity index (χ1v) is 2.81. The van der Waals surface area contributed by atoms with Crippen molar-refractivity contribution in [1.29, 1.82) is 0 Å². The van der Waals surface area contributed by atoms with E-state index < -0.39 is 11.9 Å². The van der Waals surface area contributed by atoms with E-state index in [1.54, 1.807) is 0 Å². The SMILES string of the molecule is C=CC(=C)C(=O)OC(=O)C=C.